The molecule has 3 heterocycles. The van der Waals surface area contributed by atoms with Gasteiger partial charge in [0.15, 0.2) is 0 Å². The fraction of sp³-hybridized carbons (Fsp3) is 0.259. The van der Waals surface area contributed by atoms with E-state index in [0.29, 0.717) is 10.9 Å². The smallest absolute Gasteiger partial charge is 0.268 e. The summed E-state index contributed by atoms with van der Waals surface area (Å²) < 4.78 is 29.6. The molecule has 32 heavy (non-hydrogen) atoms. The summed E-state index contributed by atoms with van der Waals surface area (Å²) in [7, 11) is -3.77. The fourth-order valence-corrected chi connectivity index (χ4v) is 7.20. The van der Waals surface area contributed by atoms with Gasteiger partial charge in [0.2, 0.25) is 0 Å². The van der Waals surface area contributed by atoms with Gasteiger partial charge in [0.1, 0.15) is 0 Å². The summed E-state index contributed by atoms with van der Waals surface area (Å²) in [6, 6.07) is 19.8. The van der Waals surface area contributed by atoms with Gasteiger partial charge >= 0.3 is 0 Å². The number of hydrogen-bond acceptors (Lipinski definition) is 3. The van der Waals surface area contributed by atoms with E-state index < -0.39 is 10.0 Å². The SMILES string of the molecule is Cc1cccc2c(C3=CCN4CCCC4C3)cn(S(=O)(=O)c3cccc4ccccc34)c12. The Hall–Kier alpha value is -2.89. The lowest BCUT2D eigenvalue weighted by molar-refractivity contribution is 0.275. The van der Waals surface area contributed by atoms with Gasteiger partial charge in [-0.05, 0) is 55.3 Å². The van der Waals surface area contributed by atoms with Crippen LogP contribution in [0.15, 0.2) is 77.8 Å². The summed E-state index contributed by atoms with van der Waals surface area (Å²) in [5, 5.41) is 2.70. The molecule has 0 N–H and O–H groups in total. The highest BCUT2D eigenvalue weighted by Gasteiger charge is 2.30. The Morgan fingerprint density at radius 1 is 0.938 bits per heavy atom. The van der Waals surface area contributed by atoms with Crippen molar-refractivity contribution in [2.24, 2.45) is 0 Å². The van der Waals surface area contributed by atoms with E-state index in [0.717, 1.165) is 45.8 Å². The predicted octanol–water partition coefficient (Wildman–Crippen LogP) is 5.59. The maximum atomic E-state index is 14.0. The fourth-order valence-electron chi connectivity index (χ4n) is 5.54. The Balaban J connectivity index is 1.57. The van der Waals surface area contributed by atoms with Crippen molar-refractivity contribution < 1.29 is 8.42 Å². The van der Waals surface area contributed by atoms with E-state index in [1.165, 1.54) is 28.9 Å². The molecule has 1 aromatic heterocycles. The molecule has 6 rings (SSSR count). The van der Waals surface area contributed by atoms with Crippen molar-refractivity contribution in [3.8, 4) is 0 Å². The van der Waals surface area contributed by atoms with Crippen LogP contribution < -0.4 is 0 Å². The lowest BCUT2D eigenvalue weighted by Crippen LogP contribution is -2.32. The molecule has 1 saturated heterocycles. The van der Waals surface area contributed by atoms with E-state index in [1.807, 2.05) is 61.7 Å². The molecule has 0 spiro atoms. The molecule has 4 aromatic rings. The second-order valence-corrected chi connectivity index (χ2v) is 10.8. The largest absolute Gasteiger partial charge is 0.296 e. The van der Waals surface area contributed by atoms with Crippen LogP contribution in [0.1, 0.15) is 30.4 Å². The minimum Gasteiger partial charge on any atom is -0.296 e. The van der Waals surface area contributed by atoms with Crippen molar-refractivity contribution >= 4 is 37.3 Å². The summed E-state index contributed by atoms with van der Waals surface area (Å²) in [4.78, 5) is 2.89. The summed E-state index contributed by atoms with van der Waals surface area (Å²) in [6.07, 6.45) is 7.63. The second-order valence-electron chi connectivity index (χ2n) is 9.02. The Labute approximate surface area is 188 Å². The van der Waals surface area contributed by atoms with Gasteiger partial charge in [0.25, 0.3) is 10.0 Å². The number of para-hydroxylation sites is 1. The number of aryl methyl sites for hydroxylation is 1. The monoisotopic (exact) mass is 442 g/mol. The van der Waals surface area contributed by atoms with Crippen molar-refractivity contribution in [3.05, 3.63) is 84.1 Å². The molecule has 1 fully saturated rings. The van der Waals surface area contributed by atoms with Crippen LogP contribution in [0.3, 0.4) is 0 Å². The van der Waals surface area contributed by atoms with Gasteiger partial charge in [-0.25, -0.2) is 12.4 Å². The van der Waals surface area contributed by atoms with Crippen LogP contribution >= 0.6 is 0 Å². The van der Waals surface area contributed by atoms with E-state index >= 15 is 0 Å². The number of fused-ring (bicyclic) bond motifs is 3. The highest BCUT2D eigenvalue weighted by atomic mass is 32.2. The van der Waals surface area contributed by atoms with Crippen molar-refractivity contribution in [2.45, 2.75) is 37.1 Å². The summed E-state index contributed by atoms with van der Waals surface area (Å²) >= 11 is 0. The van der Waals surface area contributed by atoms with Crippen LogP contribution in [0.25, 0.3) is 27.2 Å². The van der Waals surface area contributed by atoms with Crippen LogP contribution in [0.2, 0.25) is 0 Å². The van der Waals surface area contributed by atoms with Crippen LogP contribution in [-0.2, 0) is 10.0 Å². The molecule has 5 heteroatoms. The third-order valence-corrected chi connectivity index (χ3v) is 8.87. The van der Waals surface area contributed by atoms with Crippen LogP contribution in [0, 0.1) is 6.92 Å². The van der Waals surface area contributed by atoms with Gasteiger partial charge < -0.3 is 0 Å². The molecule has 0 radical (unpaired) electrons. The Kier molecular flexibility index (Phi) is 4.52. The summed E-state index contributed by atoms with van der Waals surface area (Å²) in [5.74, 6) is 0. The summed E-state index contributed by atoms with van der Waals surface area (Å²) in [6.45, 7) is 4.12. The molecular formula is C27H26N2O2S. The van der Waals surface area contributed by atoms with Gasteiger partial charge in [-0.2, -0.15) is 0 Å². The van der Waals surface area contributed by atoms with E-state index in [-0.39, 0.29) is 0 Å². The topological polar surface area (TPSA) is 42.3 Å². The van der Waals surface area contributed by atoms with Gasteiger partial charge in [0.05, 0.1) is 10.4 Å². The van der Waals surface area contributed by atoms with E-state index in [1.54, 1.807) is 6.07 Å². The van der Waals surface area contributed by atoms with Gasteiger partial charge in [-0.15, -0.1) is 0 Å². The Bertz CT molecular complexity index is 1490. The molecule has 162 valence electrons. The zero-order valence-corrected chi connectivity index (χ0v) is 19.0. The van der Waals surface area contributed by atoms with Crippen LogP contribution in [0.4, 0.5) is 0 Å². The third kappa shape index (κ3) is 2.95. The minimum absolute atomic E-state index is 0.349. The maximum Gasteiger partial charge on any atom is 0.268 e. The van der Waals surface area contributed by atoms with Gasteiger partial charge in [-0.1, -0.05) is 60.7 Å². The average Bonchev–Trinajstić information content (AvgIpc) is 3.44. The molecule has 0 aliphatic carbocycles. The number of benzene rings is 3. The third-order valence-electron chi connectivity index (χ3n) is 7.15. The van der Waals surface area contributed by atoms with E-state index in [4.69, 9.17) is 0 Å². The zero-order chi connectivity index (χ0) is 21.9. The maximum absolute atomic E-state index is 14.0. The average molecular weight is 443 g/mol. The van der Waals surface area contributed by atoms with Gasteiger partial charge in [-0.3, -0.25) is 4.90 Å². The quantitative estimate of drug-likeness (QED) is 0.415. The van der Waals surface area contributed by atoms with Crippen molar-refractivity contribution in [1.82, 2.24) is 8.87 Å². The van der Waals surface area contributed by atoms with Crippen LogP contribution in [-0.4, -0.2) is 36.4 Å². The molecule has 2 aliphatic rings. The highest BCUT2D eigenvalue weighted by molar-refractivity contribution is 7.90. The molecule has 0 bridgehead atoms. The van der Waals surface area contributed by atoms with Crippen molar-refractivity contribution in [1.29, 1.82) is 0 Å². The molecule has 0 amide bonds. The minimum atomic E-state index is -3.77. The summed E-state index contributed by atoms with van der Waals surface area (Å²) in [5.41, 5.74) is 4.08. The molecule has 2 aliphatic heterocycles. The Morgan fingerprint density at radius 2 is 1.72 bits per heavy atom. The number of hydrogen-bond donors (Lipinski definition) is 0. The zero-order valence-electron chi connectivity index (χ0n) is 18.2. The first kappa shape index (κ1) is 19.8. The molecule has 1 unspecified atom stereocenters. The van der Waals surface area contributed by atoms with Crippen molar-refractivity contribution in [3.63, 3.8) is 0 Å². The number of rotatable bonds is 3. The lowest BCUT2D eigenvalue weighted by atomic mass is 9.93. The molecular weight excluding hydrogens is 416 g/mol. The van der Waals surface area contributed by atoms with Crippen LogP contribution in [0.5, 0.6) is 0 Å². The van der Waals surface area contributed by atoms with E-state index in [9.17, 15) is 8.42 Å². The molecule has 4 nitrogen and oxygen atoms in total. The molecule has 3 aromatic carbocycles. The van der Waals surface area contributed by atoms with E-state index in [2.05, 4.69) is 17.0 Å². The first-order valence-electron chi connectivity index (χ1n) is 11.3. The van der Waals surface area contributed by atoms with Gasteiger partial charge in [0, 0.05) is 35.1 Å². The first-order chi connectivity index (χ1) is 15.5. The standard InChI is InChI=1S/C27H26N2O2S/c1-19-7-4-12-24-25(21-14-16-28-15-6-10-22(28)17-21)18-29(27(19)24)32(30,31)26-13-5-9-20-8-2-3-11-23(20)26/h2-5,7-9,11-14,18,22H,6,10,15-17H2,1H3. The lowest BCUT2D eigenvalue weighted by Gasteiger charge is -2.29. The highest BCUT2D eigenvalue weighted by Crippen LogP contribution is 2.38. The number of aromatic nitrogens is 1. The predicted molar refractivity (Wildman–Crippen MR) is 130 cm³/mol. The second kappa shape index (κ2) is 7.32. The van der Waals surface area contributed by atoms with Crippen molar-refractivity contribution in [2.75, 3.05) is 13.1 Å². The molecule has 1 atom stereocenters. The molecule has 0 saturated carbocycles. The number of nitrogens with zero attached hydrogens (tertiary/aromatic N) is 2. The Morgan fingerprint density at radius 3 is 2.62 bits per heavy atom. The normalized spacial score (nSPS) is 19.4. The first-order valence-corrected chi connectivity index (χ1v) is 12.8.